The van der Waals surface area contributed by atoms with E-state index in [-0.39, 0.29) is 11.4 Å². The Morgan fingerprint density at radius 2 is 2.33 bits per heavy atom. The van der Waals surface area contributed by atoms with E-state index in [2.05, 4.69) is 5.32 Å². The van der Waals surface area contributed by atoms with Crippen LogP contribution >= 0.6 is 0 Å². The fourth-order valence-electron chi connectivity index (χ4n) is 2.10. The van der Waals surface area contributed by atoms with Crippen molar-refractivity contribution in [2.75, 3.05) is 6.54 Å². The molecular weight excluding hydrogens is 226 g/mol. The third-order valence-electron chi connectivity index (χ3n) is 3.56. The Bertz CT molecular complexity index is 502. The molecule has 0 aliphatic heterocycles. The normalized spacial score (nSPS) is 17.6. The molecule has 3 N–H and O–H groups in total. The molecule has 0 bridgehead atoms. The second kappa shape index (κ2) is 4.79. The molecule has 0 heterocycles. The van der Waals surface area contributed by atoms with Gasteiger partial charge in [-0.05, 0) is 43.9 Å². The van der Waals surface area contributed by atoms with Gasteiger partial charge in [-0.3, -0.25) is 4.79 Å². The molecule has 1 atom stereocenters. The summed E-state index contributed by atoms with van der Waals surface area (Å²) in [5, 5.41) is 11.8. The van der Waals surface area contributed by atoms with Crippen LogP contribution in [0.2, 0.25) is 0 Å². The second-order valence-electron chi connectivity index (χ2n) is 5.04. The van der Waals surface area contributed by atoms with E-state index in [9.17, 15) is 4.79 Å². The summed E-state index contributed by atoms with van der Waals surface area (Å²) >= 11 is 0. The Morgan fingerprint density at radius 3 is 2.89 bits per heavy atom. The molecule has 1 saturated carbocycles. The Morgan fingerprint density at radius 1 is 1.61 bits per heavy atom. The van der Waals surface area contributed by atoms with Gasteiger partial charge in [-0.15, -0.1) is 0 Å². The van der Waals surface area contributed by atoms with Crippen molar-refractivity contribution in [3.63, 3.8) is 0 Å². The number of nitriles is 1. The molecule has 1 aromatic carbocycles. The van der Waals surface area contributed by atoms with Gasteiger partial charge in [-0.2, -0.15) is 5.26 Å². The molecule has 1 aliphatic carbocycles. The van der Waals surface area contributed by atoms with Gasteiger partial charge in [0.1, 0.15) is 0 Å². The fourth-order valence-corrected chi connectivity index (χ4v) is 2.10. The van der Waals surface area contributed by atoms with Crippen molar-refractivity contribution in [3.05, 3.63) is 35.4 Å². The first-order valence-corrected chi connectivity index (χ1v) is 6.12. The first-order chi connectivity index (χ1) is 8.59. The van der Waals surface area contributed by atoms with Crippen molar-refractivity contribution in [1.29, 1.82) is 5.26 Å². The molecule has 0 saturated heterocycles. The van der Waals surface area contributed by atoms with Crippen molar-refractivity contribution in [2.45, 2.75) is 25.3 Å². The van der Waals surface area contributed by atoms with Crippen LogP contribution in [0, 0.1) is 17.2 Å². The van der Waals surface area contributed by atoms with Crippen LogP contribution in [-0.2, 0) is 0 Å². The van der Waals surface area contributed by atoms with Gasteiger partial charge in [-0.1, -0.05) is 6.07 Å². The van der Waals surface area contributed by atoms with Gasteiger partial charge in [0, 0.05) is 12.1 Å². The number of nitrogens with two attached hydrogens (primary N) is 1. The average molecular weight is 243 g/mol. The summed E-state index contributed by atoms with van der Waals surface area (Å²) in [5.41, 5.74) is 6.43. The molecule has 2 rings (SSSR count). The summed E-state index contributed by atoms with van der Waals surface area (Å²) in [6.07, 6.45) is 2.23. The van der Waals surface area contributed by atoms with Crippen LogP contribution in [0.4, 0.5) is 0 Å². The number of nitrogens with one attached hydrogen (secondary N) is 1. The standard InChI is InChI=1S/C14H17N3O/c1-14(9-16,12-5-6-12)17-13(18)11-4-2-3-10(7-11)8-15/h2-4,7,12H,5-6,9,16H2,1H3,(H,17,18). The number of hydrogen-bond donors (Lipinski definition) is 2. The summed E-state index contributed by atoms with van der Waals surface area (Å²) in [7, 11) is 0. The number of rotatable bonds is 4. The SMILES string of the molecule is CC(CN)(NC(=O)c1cccc(C#N)c1)C1CC1. The number of carbonyl (C=O) groups is 1. The van der Waals surface area contributed by atoms with E-state index in [4.69, 9.17) is 11.0 Å². The van der Waals surface area contributed by atoms with Crippen LogP contribution in [0.25, 0.3) is 0 Å². The fraction of sp³-hybridized carbons (Fsp3) is 0.429. The van der Waals surface area contributed by atoms with Gasteiger partial charge in [-0.25, -0.2) is 0 Å². The maximum absolute atomic E-state index is 12.1. The Hall–Kier alpha value is -1.86. The van der Waals surface area contributed by atoms with Crippen LogP contribution < -0.4 is 11.1 Å². The topological polar surface area (TPSA) is 78.9 Å². The Balaban J connectivity index is 2.14. The molecule has 4 nitrogen and oxygen atoms in total. The smallest absolute Gasteiger partial charge is 0.251 e. The van der Waals surface area contributed by atoms with Crippen molar-refractivity contribution in [2.24, 2.45) is 11.7 Å². The lowest BCUT2D eigenvalue weighted by molar-refractivity contribution is 0.0898. The first kappa shape index (κ1) is 12.6. The highest BCUT2D eigenvalue weighted by molar-refractivity contribution is 5.95. The summed E-state index contributed by atoms with van der Waals surface area (Å²) in [6.45, 7) is 2.41. The zero-order valence-corrected chi connectivity index (χ0v) is 10.4. The van der Waals surface area contributed by atoms with Crippen LogP contribution in [0.15, 0.2) is 24.3 Å². The van der Waals surface area contributed by atoms with Gasteiger partial charge < -0.3 is 11.1 Å². The minimum absolute atomic E-state index is 0.160. The van der Waals surface area contributed by atoms with Crippen molar-refractivity contribution >= 4 is 5.91 Å². The van der Waals surface area contributed by atoms with Crippen molar-refractivity contribution in [3.8, 4) is 6.07 Å². The molecule has 1 aromatic rings. The monoisotopic (exact) mass is 243 g/mol. The van der Waals surface area contributed by atoms with E-state index in [1.807, 2.05) is 13.0 Å². The van der Waals surface area contributed by atoms with Gasteiger partial charge in [0.05, 0.1) is 17.2 Å². The van der Waals surface area contributed by atoms with E-state index in [1.54, 1.807) is 24.3 Å². The molecule has 94 valence electrons. The van der Waals surface area contributed by atoms with Crippen molar-refractivity contribution in [1.82, 2.24) is 5.32 Å². The zero-order chi connectivity index (χ0) is 13.2. The van der Waals surface area contributed by atoms with Gasteiger partial charge in [0.2, 0.25) is 0 Å². The van der Waals surface area contributed by atoms with E-state index in [0.29, 0.717) is 23.6 Å². The van der Waals surface area contributed by atoms with Gasteiger partial charge in [0.15, 0.2) is 0 Å². The lowest BCUT2D eigenvalue weighted by atomic mass is 9.95. The number of nitrogens with zero attached hydrogens (tertiary/aromatic N) is 1. The summed E-state index contributed by atoms with van der Waals surface area (Å²) in [4.78, 5) is 12.1. The highest BCUT2D eigenvalue weighted by Crippen LogP contribution is 2.39. The van der Waals surface area contributed by atoms with Crippen LogP contribution in [0.3, 0.4) is 0 Å². The zero-order valence-electron chi connectivity index (χ0n) is 10.4. The van der Waals surface area contributed by atoms with Gasteiger partial charge in [0.25, 0.3) is 5.91 Å². The Kier molecular flexibility index (Phi) is 3.35. The van der Waals surface area contributed by atoms with E-state index in [1.165, 1.54) is 0 Å². The largest absolute Gasteiger partial charge is 0.345 e. The molecule has 4 heteroatoms. The summed E-state index contributed by atoms with van der Waals surface area (Å²) in [5.74, 6) is 0.317. The number of carbonyl (C=O) groups excluding carboxylic acids is 1. The molecule has 1 unspecified atom stereocenters. The predicted octanol–water partition coefficient (Wildman–Crippen LogP) is 1.42. The molecular formula is C14H17N3O. The minimum atomic E-state index is -0.334. The maximum Gasteiger partial charge on any atom is 0.251 e. The molecule has 0 spiro atoms. The van der Waals surface area contributed by atoms with Crippen LogP contribution in [0.1, 0.15) is 35.7 Å². The van der Waals surface area contributed by atoms with E-state index in [0.717, 1.165) is 12.8 Å². The third-order valence-corrected chi connectivity index (χ3v) is 3.56. The molecule has 1 amide bonds. The molecule has 18 heavy (non-hydrogen) atoms. The lowest BCUT2D eigenvalue weighted by Crippen LogP contribution is -2.53. The third kappa shape index (κ3) is 2.52. The summed E-state index contributed by atoms with van der Waals surface area (Å²) < 4.78 is 0. The number of hydrogen-bond acceptors (Lipinski definition) is 3. The predicted molar refractivity (Wildman–Crippen MR) is 68.8 cm³/mol. The number of benzene rings is 1. The minimum Gasteiger partial charge on any atom is -0.345 e. The van der Waals surface area contributed by atoms with E-state index < -0.39 is 0 Å². The van der Waals surface area contributed by atoms with Gasteiger partial charge >= 0.3 is 0 Å². The Labute approximate surface area is 107 Å². The van der Waals surface area contributed by atoms with Crippen molar-refractivity contribution < 1.29 is 4.79 Å². The lowest BCUT2D eigenvalue weighted by Gasteiger charge is -2.29. The maximum atomic E-state index is 12.1. The average Bonchev–Trinajstić information content (AvgIpc) is 3.23. The molecule has 0 aromatic heterocycles. The number of amides is 1. The van der Waals surface area contributed by atoms with Crippen LogP contribution in [0.5, 0.6) is 0 Å². The second-order valence-corrected chi connectivity index (χ2v) is 5.04. The first-order valence-electron chi connectivity index (χ1n) is 6.12. The molecule has 1 aliphatic rings. The van der Waals surface area contributed by atoms with E-state index >= 15 is 0 Å². The highest BCUT2D eigenvalue weighted by atomic mass is 16.1. The molecule has 1 fully saturated rings. The molecule has 0 radical (unpaired) electrons. The quantitative estimate of drug-likeness (QED) is 0.839. The summed E-state index contributed by atoms with van der Waals surface area (Å²) in [6, 6.07) is 8.73. The van der Waals surface area contributed by atoms with Crippen LogP contribution in [-0.4, -0.2) is 18.0 Å². The highest BCUT2D eigenvalue weighted by Gasteiger charge is 2.41.